The molecule has 0 heterocycles. The zero-order valence-corrected chi connectivity index (χ0v) is 11.5. The van der Waals surface area contributed by atoms with Crippen molar-refractivity contribution in [2.75, 3.05) is 6.61 Å². The van der Waals surface area contributed by atoms with Gasteiger partial charge in [0.2, 0.25) is 0 Å². The molecule has 0 saturated carbocycles. The molecule has 0 fully saturated rings. The molecule has 0 spiro atoms. The summed E-state index contributed by atoms with van der Waals surface area (Å²) in [5.41, 5.74) is 0. The van der Waals surface area contributed by atoms with E-state index in [0.29, 0.717) is 0 Å². The summed E-state index contributed by atoms with van der Waals surface area (Å²) >= 11 is 0. The average Bonchev–Trinajstić information content (AvgIpc) is 1.61. The third kappa shape index (κ3) is 11.5. The van der Waals surface area contributed by atoms with E-state index in [1.165, 1.54) is 0 Å². The van der Waals surface area contributed by atoms with Crippen molar-refractivity contribution in [2.45, 2.75) is 26.2 Å². The van der Waals surface area contributed by atoms with Crippen molar-refractivity contribution in [3.05, 3.63) is 0 Å². The summed E-state index contributed by atoms with van der Waals surface area (Å²) in [4.78, 5) is 0. The van der Waals surface area contributed by atoms with Crippen LogP contribution in [0.15, 0.2) is 0 Å². The first-order valence-corrected chi connectivity index (χ1v) is 2.50. The second-order valence-corrected chi connectivity index (χ2v) is 1.41. The second-order valence-electron chi connectivity index (χ2n) is 1.41. The first kappa shape index (κ1) is 11.8. The molecule has 0 aromatic rings. The monoisotopic (exact) mass is 220 g/mol. The van der Waals surface area contributed by atoms with Crippen LogP contribution in [-0.2, 0) is 0 Å². The van der Waals surface area contributed by atoms with Gasteiger partial charge in [-0.05, 0) is 0 Å². The third-order valence-electron chi connectivity index (χ3n) is 0.748. The molecule has 0 radical (unpaired) electrons. The van der Waals surface area contributed by atoms with E-state index in [9.17, 15) is 5.11 Å². The molecule has 0 rings (SSSR count). The molecule has 1 nitrogen and oxygen atoms in total. The van der Waals surface area contributed by atoms with E-state index in [1.54, 1.807) is 0 Å². The van der Waals surface area contributed by atoms with Crippen LogP contribution in [0.4, 0.5) is 0 Å². The van der Waals surface area contributed by atoms with E-state index in [4.69, 9.17) is 0 Å². The first-order chi connectivity index (χ1) is 2.91. The Morgan fingerprint density at radius 3 is 2.00 bits per heavy atom. The molecule has 0 saturated heterocycles. The van der Waals surface area contributed by atoms with E-state index in [-0.39, 0.29) is 75.5 Å². The van der Waals surface area contributed by atoms with Gasteiger partial charge < -0.3 is 5.11 Å². The summed E-state index contributed by atoms with van der Waals surface area (Å²) in [5.74, 6) is 0. The maximum absolute atomic E-state index is 9.69. The summed E-state index contributed by atoms with van der Waals surface area (Å²) in [5, 5.41) is 9.69. The van der Waals surface area contributed by atoms with Crippen LogP contribution in [-0.4, -0.2) is 6.61 Å². The normalized spacial score (nSPS) is 7.71. The first-order valence-electron chi connectivity index (χ1n) is 2.50. The van der Waals surface area contributed by atoms with Gasteiger partial charge in [-0.25, -0.2) is 0 Å². The summed E-state index contributed by atoms with van der Waals surface area (Å²) in [6.07, 6.45) is 3.11. The van der Waals surface area contributed by atoms with E-state index < -0.39 is 0 Å². The zero-order chi connectivity index (χ0) is 4.83. The van der Waals surface area contributed by atoms with Crippen molar-refractivity contribution >= 4 is 0 Å². The van der Waals surface area contributed by atoms with Gasteiger partial charge in [0.15, 0.2) is 0 Å². The minimum atomic E-state index is 0. The zero-order valence-electron chi connectivity index (χ0n) is 5.24. The van der Waals surface area contributed by atoms with Crippen LogP contribution in [0.2, 0.25) is 0 Å². The van der Waals surface area contributed by atoms with Crippen LogP contribution >= 0.6 is 0 Å². The Labute approximate surface area is 104 Å². The van der Waals surface area contributed by atoms with Crippen LogP contribution in [0.3, 0.4) is 0 Å². The Bertz CT molecular complexity index is 20.0. The molecule has 2 heteroatoms. The predicted octanol–water partition coefficient (Wildman–Crippen LogP) is -2.46. The van der Waals surface area contributed by atoms with Gasteiger partial charge in [-0.3, -0.25) is 0 Å². The Kier molecular flexibility index (Phi) is 18.3. The van der Waals surface area contributed by atoms with Gasteiger partial charge in [0, 0.05) is 0 Å². The molecule has 0 aliphatic heterocycles. The van der Waals surface area contributed by atoms with Crippen LogP contribution in [0.1, 0.15) is 26.2 Å². The van der Waals surface area contributed by atoms with Crippen molar-refractivity contribution in [3.8, 4) is 0 Å². The van der Waals surface area contributed by atoms with Crippen molar-refractivity contribution < 1.29 is 74.0 Å². The Morgan fingerprint density at radius 1 is 1.29 bits per heavy atom. The number of rotatable bonds is 3. The standard InChI is InChI=1S/C5H11O.Cs/c1-2-3-4-5-6;/h2-5H2,1H3;/q-1;+1. The molecule has 0 atom stereocenters. The SMILES string of the molecule is CCCCC[O-].[Cs+]. The van der Waals surface area contributed by atoms with E-state index in [1.807, 2.05) is 0 Å². The number of hydrogen-bond donors (Lipinski definition) is 0. The average molecular weight is 220 g/mol. The van der Waals surface area contributed by atoms with Crippen molar-refractivity contribution in [1.82, 2.24) is 0 Å². The minimum absolute atomic E-state index is 0. The van der Waals surface area contributed by atoms with Crippen LogP contribution in [0, 0.1) is 0 Å². The van der Waals surface area contributed by atoms with Crippen molar-refractivity contribution in [1.29, 1.82) is 0 Å². The molecule has 0 amide bonds. The van der Waals surface area contributed by atoms with Gasteiger partial charge in [0.1, 0.15) is 0 Å². The molecule has 0 N–H and O–H groups in total. The molecule has 0 aliphatic carbocycles. The third-order valence-corrected chi connectivity index (χ3v) is 0.748. The summed E-state index contributed by atoms with van der Waals surface area (Å²) in [6.45, 7) is 2.20. The summed E-state index contributed by atoms with van der Waals surface area (Å²) in [6, 6.07) is 0. The number of unbranched alkanes of at least 4 members (excludes halogenated alkanes) is 2. The molecule has 7 heavy (non-hydrogen) atoms. The molecule has 38 valence electrons. The molecular formula is C5H11CsO. The minimum Gasteiger partial charge on any atom is -0.854 e. The van der Waals surface area contributed by atoms with Gasteiger partial charge in [-0.1, -0.05) is 26.2 Å². The van der Waals surface area contributed by atoms with Gasteiger partial charge >= 0.3 is 68.9 Å². The number of hydrogen-bond acceptors (Lipinski definition) is 1. The van der Waals surface area contributed by atoms with E-state index >= 15 is 0 Å². The predicted molar refractivity (Wildman–Crippen MR) is 24.4 cm³/mol. The Hall–Kier alpha value is 2.01. The summed E-state index contributed by atoms with van der Waals surface area (Å²) < 4.78 is 0. The Balaban J connectivity index is 0. The molecule has 0 aliphatic rings. The quantitative estimate of drug-likeness (QED) is 0.484. The fourth-order valence-corrected chi connectivity index (χ4v) is 0.352. The van der Waals surface area contributed by atoms with E-state index in [2.05, 4.69) is 6.92 Å². The molecule has 0 bridgehead atoms. The topological polar surface area (TPSA) is 23.1 Å². The van der Waals surface area contributed by atoms with Crippen LogP contribution in [0.5, 0.6) is 0 Å². The van der Waals surface area contributed by atoms with Crippen LogP contribution in [0.25, 0.3) is 0 Å². The maximum Gasteiger partial charge on any atom is 1.00 e. The smallest absolute Gasteiger partial charge is 0.854 e. The van der Waals surface area contributed by atoms with Gasteiger partial charge in [-0.2, -0.15) is 0 Å². The maximum atomic E-state index is 9.69. The van der Waals surface area contributed by atoms with E-state index in [0.717, 1.165) is 19.3 Å². The second kappa shape index (κ2) is 10.9. The molecule has 0 aromatic heterocycles. The van der Waals surface area contributed by atoms with Crippen molar-refractivity contribution in [3.63, 3.8) is 0 Å². The molecule has 0 unspecified atom stereocenters. The summed E-state index contributed by atoms with van der Waals surface area (Å²) in [7, 11) is 0. The fraction of sp³-hybridized carbons (Fsp3) is 1.00. The largest absolute Gasteiger partial charge is 1.00 e. The fourth-order valence-electron chi connectivity index (χ4n) is 0.352. The van der Waals surface area contributed by atoms with Gasteiger partial charge in [-0.15, -0.1) is 6.61 Å². The van der Waals surface area contributed by atoms with Crippen LogP contribution < -0.4 is 74.0 Å². The van der Waals surface area contributed by atoms with Crippen molar-refractivity contribution in [2.24, 2.45) is 0 Å². The molecule has 0 aromatic carbocycles. The Morgan fingerprint density at radius 2 is 1.86 bits per heavy atom. The van der Waals surface area contributed by atoms with Gasteiger partial charge in [0.25, 0.3) is 0 Å². The molecular weight excluding hydrogens is 209 g/mol. The van der Waals surface area contributed by atoms with Gasteiger partial charge in [0.05, 0.1) is 0 Å².